The molecule has 0 bridgehead atoms. The van der Waals surface area contributed by atoms with Gasteiger partial charge in [0.05, 0.1) is 6.42 Å². The second-order valence-electron chi connectivity index (χ2n) is 9.46. The number of hydrogen-bond acceptors (Lipinski definition) is 3. The van der Waals surface area contributed by atoms with Gasteiger partial charge in [0.15, 0.2) is 0 Å². The lowest BCUT2D eigenvalue weighted by Crippen LogP contribution is -2.63. The summed E-state index contributed by atoms with van der Waals surface area (Å²) in [5, 5.41) is 9.74. The number of benzene rings is 1. The van der Waals surface area contributed by atoms with Crippen molar-refractivity contribution in [2.24, 2.45) is 5.92 Å². The molecule has 1 fully saturated rings. The van der Waals surface area contributed by atoms with E-state index < -0.39 is 6.04 Å². The van der Waals surface area contributed by atoms with Crippen molar-refractivity contribution in [1.82, 2.24) is 16.0 Å². The van der Waals surface area contributed by atoms with E-state index in [0.29, 0.717) is 0 Å². The van der Waals surface area contributed by atoms with Gasteiger partial charge in [0, 0.05) is 17.1 Å². The zero-order chi connectivity index (χ0) is 20.2. The highest BCUT2D eigenvalue weighted by atomic mass is 16.2. The van der Waals surface area contributed by atoms with E-state index in [0.717, 1.165) is 18.4 Å². The van der Waals surface area contributed by atoms with Crippen molar-refractivity contribution in [3.05, 3.63) is 35.9 Å². The van der Waals surface area contributed by atoms with Crippen LogP contribution in [0.25, 0.3) is 0 Å². The van der Waals surface area contributed by atoms with E-state index in [-0.39, 0.29) is 41.3 Å². The molecule has 5 nitrogen and oxygen atoms in total. The van der Waals surface area contributed by atoms with Gasteiger partial charge in [-0.25, -0.2) is 0 Å². The van der Waals surface area contributed by atoms with E-state index in [1.54, 1.807) is 0 Å². The van der Waals surface area contributed by atoms with Gasteiger partial charge in [0.25, 0.3) is 0 Å². The summed E-state index contributed by atoms with van der Waals surface area (Å²) < 4.78 is 0. The van der Waals surface area contributed by atoms with Crippen LogP contribution in [0.2, 0.25) is 0 Å². The number of amides is 2. The van der Waals surface area contributed by atoms with Crippen molar-refractivity contribution in [1.29, 1.82) is 0 Å². The van der Waals surface area contributed by atoms with Crippen molar-refractivity contribution in [3.63, 3.8) is 0 Å². The number of carbonyl (C=O) groups is 2. The highest BCUT2D eigenvalue weighted by Gasteiger charge is 2.39. The Bertz CT molecular complexity index is 637. The van der Waals surface area contributed by atoms with Crippen molar-refractivity contribution in [3.8, 4) is 0 Å². The quantitative estimate of drug-likeness (QED) is 0.718. The molecule has 0 saturated carbocycles. The summed E-state index contributed by atoms with van der Waals surface area (Å²) in [5.41, 5.74) is 0.868. The van der Waals surface area contributed by atoms with Crippen molar-refractivity contribution in [2.75, 3.05) is 0 Å². The maximum Gasteiger partial charge on any atom is 0.243 e. The van der Waals surface area contributed by atoms with Gasteiger partial charge in [-0.15, -0.1) is 0 Å². The fraction of sp³-hybridized carbons (Fsp3) is 0.636. The zero-order valence-corrected chi connectivity index (χ0v) is 17.6. The molecule has 0 radical (unpaired) electrons. The zero-order valence-electron chi connectivity index (χ0n) is 17.6. The molecule has 1 heterocycles. The number of nitrogens with one attached hydrogen (secondary N) is 3. The van der Waals surface area contributed by atoms with Crippen molar-refractivity contribution >= 4 is 11.8 Å². The van der Waals surface area contributed by atoms with Gasteiger partial charge in [0.2, 0.25) is 11.8 Å². The standard InChI is InChI=1S/C22H35N3O2/c1-15(2)19(24-18(26)12-16-10-8-7-9-11-16)20(27)23-17-13-21(3,4)25-22(5,6)14-17/h7-11,15,17,19,25H,12-14H2,1-6H3,(H,23,27)(H,24,26)/t19-/m0/s1. The Morgan fingerprint density at radius 3 is 2.15 bits per heavy atom. The SMILES string of the molecule is CC(C)[C@H](NC(=O)Cc1ccccc1)C(=O)NC1CC(C)(C)NC(C)(C)C1. The molecule has 1 saturated heterocycles. The molecule has 1 aliphatic rings. The highest BCUT2D eigenvalue weighted by molar-refractivity contribution is 5.88. The molecule has 3 N–H and O–H groups in total. The lowest BCUT2D eigenvalue weighted by Gasteiger charge is -2.47. The minimum absolute atomic E-state index is 0.0208. The van der Waals surface area contributed by atoms with Crippen LogP contribution in [-0.2, 0) is 16.0 Å². The van der Waals surface area contributed by atoms with E-state index >= 15 is 0 Å². The average molecular weight is 374 g/mol. The van der Waals surface area contributed by atoms with Gasteiger partial charge >= 0.3 is 0 Å². The summed E-state index contributed by atoms with van der Waals surface area (Å²) in [6, 6.07) is 9.16. The van der Waals surface area contributed by atoms with Crippen LogP contribution in [0, 0.1) is 5.92 Å². The number of piperidine rings is 1. The van der Waals surface area contributed by atoms with Gasteiger partial charge < -0.3 is 16.0 Å². The van der Waals surface area contributed by atoms with Crippen LogP contribution in [0.15, 0.2) is 30.3 Å². The van der Waals surface area contributed by atoms with Crippen LogP contribution in [-0.4, -0.2) is 35.0 Å². The van der Waals surface area contributed by atoms with E-state index in [1.807, 2.05) is 44.2 Å². The minimum Gasteiger partial charge on any atom is -0.351 e. The molecule has 1 aromatic rings. The predicted octanol–water partition coefficient (Wildman–Crippen LogP) is 2.80. The Balaban J connectivity index is 1.99. The predicted molar refractivity (Wildman–Crippen MR) is 109 cm³/mol. The molecule has 2 rings (SSSR count). The van der Waals surface area contributed by atoms with Gasteiger partial charge in [-0.3, -0.25) is 9.59 Å². The smallest absolute Gasteiger partial charge is 0.243 e. The molecule has 0 aromatic heterocycles. The van der Waals surface area contributed by atoms with E-state index in [1.165, 1.54) is 0 Å². The number of rotatable bonds is 6. The molecular weight excluding hydrogens is 338 g/mol. The van der Waals surface area contributed by atoms with Crippen molar-refractivity contribution in [2.45, 2.75) is 84.0 Å². The summed E-state index contributed by atoms with van der Waals surface area (Å²) in [6.07, 6.45) is 2.01. The van der Waals surface area contributed by atoms with Crippen LogP contribution in [0.3, 0.4) is 0 Å². The largest absolute Gasteiger partial charge is 0.351 e. The molecule has 0 spiro atoms. The van der Waals surface area contributed by atoms with Crippen LogP contribution in [0.4, 0.5) is 0 Å². The van der Waals surface area contributed by atoms with Gasteiger partial charge in [-0.2, -0.15) is 0 Å². The van der Waals surface area contributed by atoms with E-state index in [2.05, 4.69) is 43.6 Å². The third-order valence-corrected chi connectivity index (χ3v) is 5.01. The summed E-state index contributed by atoms with van der Waals surface area (Å²) in [4.78, 5) is 25.3. The lowest BCUT2D eigenvalue weighted by atomic mass is 9.79. The first-order chi connectivity index (χ1) is 12.5. The third kappa shape index (κ3) is 6.65. The number of hydrogen-bond donors (Lipinski definition) is 3. The Morgan fingerprint density at radius 1 is 1.07 bits per heavy atom. The lowest BCUT2D eigenvalue weighted by molar-refractivity contribution is -0.130. The summed E-state index contributed by atoms with van der Waals surface area (Å²) >= 11 is 0. The Morgan fingerprint density at radius 2 is 1.63 bits per heavy atom. The molecule has 1 aliphatic heterocycles. The van der Waals surface area contributed by atoms with E-state index in [9.17, 15) is 9.59 Å². The first kappa shape index (κ1) is 21.4. The molecule has 0 aliphatic carbocycles. The first-order valence-electron chi connectivity index (χ1n) is 9.90. The van der Waals surface area contributed by atoms with Gasteiger partial charge in [-0.05, 0) is 52.0 Å². The maximum absolute atomic E-state index is 12.9. The second kappa shape index (κ2) is 8.42. The minimum atomic E-state index is -0.526. The molecular formula is C22H35N3O2. The summed E-state index contributed by atoms with van der Waals surface area (Å²) in [5.74, 6) is -0.196. The molecule has 0 unspecified atom stereocenters. The van der Waals surface area contributed by atoms with Crippen LogP contribution in [0.1, 0.15) is 59.9 Å². The molecule has 150 valence electrons. The van der Waals surface area contributed by atoms with Crippen LogP contribution in [0.5, 0.6) is 0 Å². The topological polar surface area (TPSA) is 70.2 Å². The monoisotopic (exact) mass is 373 g/mol. The van der Waals surface area contributed by atoms with E-state index in [4.69, 9.17) is 0 Å². The molecule has 1 aromatic carbocycles. The Kier molecular flexibility index (Phi) is 6.68. The first-order valence-corrected chi connectivity index (χ1v) is 9.90. The Hall–Kier alpha value is -1.88. The van der Waals surface area contributed by atoms with Gasteiger partial charge in [0.1, 0.15) is 6.04 Å². The van der Waals surface area contributed by atoms with Crippen LogP contribution < -0.4 is 16.0 Å². The normalized spacial score (nSPS) is 20.1. The third-order valence-electron chi connectivity index (χ3n) is 5.01. The van der Waals surface area contributed by atoms with Crippen LogP contribution >= 0.6 is 0 Å². The molecule has 1 atom stereocenters. The van der Waals surface area contributed by atoms with Gasteiger partial charge in [-0.1, -0.05) is 44.2 Å². The molecule has 5 heteroatoms. The maximum atomic E-state index is 12.9. The highest BCUT2D eigenvalue weighted by Crippen LogP contribution is 2.28. The Labute approximate surface area is 163 Å². The summed E-state index contributed by atoms with van der Waals surface area (Å²) in [7, 11) is 0. The fourth-order valence-corrected chi connectivity index (χ4v) is 4.26. The molecule has 27 heavy (non-hydrogen) atoms. The summed E-state index contributed by atoms with van der Waals surface area (Å²) in [6.45, 7) is 12.6. The van der Waals surface area contributed by atoms with Crippen molar-refractivity contribution < 1.29 is 9.59 Å². The number of carbonyl (C=O) groups excluding carboxylic acids is 2. The fourth-order valence-electron chi connectivity index (χ4n) is 4.26. The second-order valence-corrected chi connectivity index (χ2v) is 9.46. The molecule has 2 amide bonds. The average Bonchev–Trinajstić information content (AvgIpc) is 2.50.